The van der Waals surface area contributed by atoms with E-state index in [4.69, 9.17) is 0 Å². The number of carbonyl (C=O) groups is 1. The first-order valence-electron chi connectivity index (χ1n) is 5.43. The highest BCUT2D eigenvalue weighted by Gasteiger charge is 2.09. The van der Waals surface area contributed by atoms with Gasteiger partial charge >= 0.3 is 0 Å². The minimum absolute atomic E-state index is 0.113. The topological polar surface area (TPSA) is 62.0 Å². The Labute approximate surface area is 107 Å². The molecular weight excluding hydrogens is 254 g/mol. The summed E-state index contributed by atoms with van der Waals surface area (Å²) >= 11 is 0. The number of pyridine rings is 1. The second-order valence-corrected chi connectivity index (χ2v) is 4.00. The molecule has 1 amide bonds. The first-order chi connectivity index (χ1) is 8.95. The second kappa shape index (κ2) is 5.01. The van der Waals surface area contributed by atoms with Crippen molar-refractivity contribution >= 4 is 11.6 Å². The van der Waals surface area contributed by atoms with Gasteiger partial charge in [-0.2, -0.15) is 0 Å². The van der Waals surface area contributed by atoms with Crippen LogP contribution in [0.5, 0.6) is 0 Å². The number of rotatable bonds is 2. The zero-order valence-corrected chi connectivity index (χ0v) is 9.96. The molecule has 2 N–H and O–H groups in total. The van der Waals surface area contributed by atoms with Gasteiger partial charge in [0.1, 0.15) is 0 Å². The lowest BCUT2D eigenvalue weighted by atomic mass is 10.2. The van der Waals surface area contributed by atoms with Gasteiger partial charge in [-0.15, -0.1) is 0 Å². The van der Waals surface area contributed by atoms with Crippen LogP contribution in [0, 0.1) is 18.6 Å². The molecule has 4 nitrogen and oxygen atoms in total. The summed E-state index contributed by atoms with van der Waals surface area (Å²) < 4.78 is 25.7. The van der Waals surface area contributed by atoms with Crippen molar-refractivity contribution in [1.29, 1.82) is 0 Å². The quantitative estimate of drug-likeness (QED) is 0.873. The monoisotopic (exact) mass is 264 g/mol. The normalized spacial score (nSPS) is 10.3. The van der Waals surface area contributed by atoms with Crippen LogP contribution in [0.1, 0.15) is 16.1 Å². The summed E-state index contributed by atoms with van der Waals surface area (Å²) in [7, 11) is 0. The number of aryl methyl sites for hydroxylation is 1. The molecule has 0 bridgehead atoms. The maximum atomic E-state index is 13.0. The van der Waals surface area contributed by atoms with E-state index in [2.05, 4.69) is 10.3 Å². The van der Waals surface area contributed by atoms with Gasteiger partial charge in [0.05, 0.1) is 0 Å². The highest BCUT2D eigenvalue weighted by atomic mass is 19.2. The van der Waals surface area contributed by atoms with Crippen molar-refractivity contribution in [2.24, 2.45) is 0 Å². The minimum Gasteiger partial charge on any atom is -0.326 e. The lowest BCUT2D eigenvalue weighted by molar-refractivity contribution is 0.102. The zero-order chi connectivity index (χ0) is 14.0. The van der Waals surface area contributed by atoms with Gasteiger partial charge in [-0.05, 0) is 25.1 Å². The van der Waals surface area contributed by atoms with E-state index in [1.807, 2.05) is 0 Å². The number of aromatic nitrogens is 1. The molecule has 0 radical (unpaired) electrons. The van der Waals surface area contributed by atoms with Crippen LogP contribution in [-0.4, -0.2) is 10.9 Å². The van der Waals surface area contributed by atoms with E-state index in [9.17, 15) is 18.4 Å². The molecule has 0 saturated heterocycles. The average Bonchev–Trinajstić information content (AvgIpc) is 2.32. The third kappa shape index (κ3) is 3.04. The van der Waals surface area contributed by atoms with E-state index >= 15 is 0 Å². The van der Waals surface area contributed by atoms with Gasteiger partial charge in [0, 0.05) is 29.1 Å². The van der Waals surface area contributed by atoms with Crippen LogP contribution in [0.15, 0.2) is 35.1 Å². The highest BCUT2D eigenvalue weighted by Crippen LogP contribution is 2.14. The summed E-state index contributed by atoms with van der Waals surface area (Å²) in [5.74, 6) is -2.62. The smallest absolute Gasteiger partial charge is 0.255 e. The number of amides is 1. The second-order valence-electron chi connectivity index (χ2n) is 4.00. The van der Waals surface area contributed by atoms with E-state index in [0.29, 0.717) is 5.69 Å². The predicted octanol–water partition coefficient (Wildman–Crippen LogP) is 2.21. The fourth-order valence-electron chi connectivity index (χ4n) is 1.59. The minimum atomic E-state index is -1.06. The Kier molecular flexibility index (Phi) is 3.41. The van der Waals surface area contributed by atoms with E-state index < -0.39 is 23.1 Å². The molecule has 98 valence electrons. The average molecular weight is 264 g/mol. The van der Waals surface area contributed by atoms with Gasteiger partial charge in [-0.3, -0.25) is 9.59 Å². The van der Waals surface area contributed by atoms with Crippen LogP contribution in [0.4, 0.5) is 14.5 Å². The van der Waals surface area contributed by atoms with Crippen LogP contribution in [-0.2, 0) is 0 Å². The van der Waals surface area contributed by atoms with E-state index in [1.54, 1.807) is 6.92 Å². The van der Waals surface area contributed by atoms with Crippen molar-refractivity contribution in [2.75, 3.05) is 5.32 Å². The van der Waals surface area contributed by atoms with Crippen molar-refractivity contribution in [1.82, 2.24) is 4.98 Å². The summed E-state index contributed by atoms with van der Waals surface area (Å²) in [6.45, 7) is 1.63. The molecule has 2 aromatic rings. The largest absolute Gasteiger partial charge is 0.326 e. The number of hydrogen-bond donors (Lipinski definition) is 2. The molecule has 1 aromatic heterocycles. The number of benzene rings is 1. The molecule has 0 fully saturated rings. The Morgan fingerprint density at radius 3 is 2.53 bits per heavy atom. The zero-order valence-electron chi connectivity index (χ0n) is 9.96. The van der Waals surface area contributed by atoms with Crippen LogP contribution in [0.3, 0.4) is 0 Å². The maximum Gasteiger partial charge on any atom is 0.255 e. The molecule has 0 atom stereocenters. The van der Waals surface area contributed by atoms with Crippen molar-refractivity contribution < 1.29 is 13.6 Å². The standard InChI is InChI=1S/C13H10F2N2O2/c1-7-4-8(5-12(18)16-7)13(19)17-9-2-3-10(14)11(15)6-9/h2-6H,1H3,(H,16,18)(H,17,19). The Morgan fingerprint density at radius 1 is 1.16 bits per heavy atom. The summed E-state index contributed by atoms with van der Waals surface area (Å²) in [6, 6.07) is 5.62. The number of anilines is 1. The number of nitrogens with one attached hydrogen (secondary N) is 2. The number of H-pyrrole nitrogens is 1. The molecule has 0 spiro atoms. The van der Waals surface area contributed by atoms with Crippen molar-refractivity contribution in [3.05, 3.63) is 63.6 Å². The fourth-order valence-corrected chi connectivity index (χ4v) is 1.59. The predicted molar refractivity (Wildman–Crippen MR) is 66.1 cm³/mol. The maximum absolute atomic E-state index is 13.0. The first-order valence-corrected chi connectivity index (χ1v) is 5.43. The first kappa shape index (κ1) is 12.9. The third-order valence-electron chi connectivity index (χ3n) is 2.42. The van der Waals surface area contributed by atoms with Crippen molar-refractivity contribution in [2.45, 2.75) is 6.92 Å². The van der Waals surface area contributed by atoms with Gasteiger partial charge in [0.2, 0.25) is 5.56 Å². The SMILES string of the molecule is Cc1cc(C(=O)Nc2ccc(F)c(F)c2)cc(=O)[nH]1. The lowest BCUT2D eigenvalue weighted by Crippen LogP contribution is -2.17. The summed E-state index contributed by atoms with van der Waals surface area (Å²) in [5.41, 5.74) is 0.381. The molecule has 1 aromatic carbocycles. The van der Waals surface area contributed by atoms with E-state index in [1.165, 1.54) is 12.1 Å². The molecular formula is C13H10F2N2O2. The lowest BCUT2D eigenvalue weighted by Gasteiger charge is -2.06. The Bertz CT molecular complexity index is 695. The number of halogens is 2. The molecule has 19 heavy (non-hydrogen) atoms. The van der Waals surface area contributed by atoms with Gasteiger partial charge in [-0.1, -0.05) is 0 Å². The molecule has 0 aliphatic heterocycles. The molecule has 0 saturated carbocycles. The highest BCUT2D eigenvalue weighted by molar-refractivity contribution is 6.04. The molecule has 6 heteroatoms. The third-order valence-corrected chi connectivity index (χ3v) is 2.42. The Balaban J connectivity index is 2.25. The molecule has 2 rings (SSSR count). The molecule has 1 heterocycles. The summed E-state index contributed by atoms with van der Waals surface area (Å²) in [5, 5.41) is 2.38. The molecule has 0 aliphatic rings. The number of hydrogen-bond acceptors (Lipinski definition) is 2. The van der Waals surface area contributed by atoms with Crippen LogP contribution >= 0.6 is 0 Å². The number of carbonyl (C=O) groups excluding carboxylic acids is 1. The Morgan fingerprint density at radius 2 is 1.89 bits per heavy atom. The molecule has 0 unspecified atom stereocenters. The summed E-state index contributed by atoms with van der Waals surface area (Å²) in [6.07, 6.45) is 0. The van der Waals surface area contributed by atoms with Crippen LogP contribution in [0.2, 0.25) is 0 Å². The van der Waals surface area contributed by atoms with Gasteiger partial charge < -0.3 is 10.3 Å². The van der Waals surface area contributed by atoms with Crippen LogP contribution in [0.25, 0.3) is 0 Å². The Hall–Kier alpha value is -2.50. The van der Waals surface area contributed by atoms with Gasteiger partial charge in [0.15, 0.2) is 11.6 Å². The summed E-state index contributed by atoms with van der Waals surface area (Å²) in [4.78, 5) is 25.6. The van der Waals surface area contributed by atoms with E-state index in [0.717, 1.165) is 18.2 Å². The van der Waals surface area contributed by atoms with Crippen molar-refractivity contribution in [3.63, 3.8) is 0 Å². The van der Waals surface area contributed by atoms with Gasteiger partial charge in [0.25, 0.3) is 5.91 Å². The van der Waals surface area contributed by atoms with E-state index in [-0.39, 0.29) is 11.3 Å². The fraction of sp³-hybridized carbons (Fsp3) is 0.0769. The van der Waals surface area contributed by atoms with Crippen molar-refractivity contribution in [3.8, 4) is 0 Å². The van der Waals surface area contributed by atoms with Crippen LogP contribution < -0.4 is 10.9 Å². The number of aromatic amines is 1. The van der Waals surface area contributed by atoms with Gasteiger partial charge in [-0.25, -0.2) is 8.78 Å². The molecule has 0 aliphatic carbocycles.